The van der Waals surface area contributed by atoms with Gasteiger partial charge < -0.3 is 10.2 Å². The molecule has 1 fully saturated rings. The van der Waals surface area contributed by atoms with E-state index in [4.69, 9.17) is 5.26 Å². The summed E-state index contributed by atoms with van der Waals surface area (Å²) in [6.45, 7) is 2.14. The molecule has 4 heteroatoms. The first-order valence-corrected chi connectivity index (χ1v) is 7.18. The van der Waals surface area contributed by atoms with Crippen LogP contribution in [0.25, 0.3) is 0 Å². The summed E-state index contributed by atoms with van der Waals surface area (Å²) in [7, 11) is 1.79. The molecular formula is C16H21N3O. The molecule has 0 spiro atoms. The van der Waals surface area contributed by atoms with Gasteiger partial charge in [-0.2, -0.15) is 5.26 Å². The number of carbonyl (C=O) groups is 1. The Kier molecular flexibility index (Phi) is 5.14. The maximum atomic E-state index is 12.2. The van der Waals surface area contributed by atoms with E-state index in [0.717, 1.165) is 25.2 Å². The smallest absolute Gasteiger partial charge is 0.226 e. The number of piperidine rings is 1. The molecule has 20 heavy (non-hydrogen) atoms. The van der Waals surface area contributed by atoms with Gasteiger partial charge in [-0.05, 0) is 62.5 Å². The first-order valence-electron chi connectivity index (χ1n) is 7.18. The predicted molar refractivity (Wildman–Crippen MR) is 79.4 cm³/mol. The average molecular weight is 271 g/mol. The minimum absolute atomic E-state index is 0.139. The van der Waals surface area contributed by atoms with E-state index in [9.17, 15) is 4.79 Å². The van der Waals surface area contributed by atoms with Crippen LogP contribution >= 0.6 is 0 Å². The van der Waals surface area contributed by atoms with E-state index in [2.05, 4.69) is 11.4 Å². The van der Waals surface area contributed by atoms with Crippen molar-refractivity contribution in [3.05, 3.63) is 29.8 Å². The van der Waals surface area contributed by atoms with Crippen LogP contribution in [0.5, 0.6) is 0 Å². The van der Waals surface area contributed by atoms with Crippen LogP contribution in [0.15, 0.2) is 24.3 Å². The van der Waals surface area contributed by atoms with E-state index < -0.39 is 0 Å². The van der Waals surface area contributed by atoms with Crippen molar-refractivity contribution in [3.8, 4) is 6.07 Å². The molecule has 1 amide bonds. The molecule has 1 aromatic rings. The van der Waals surface area contributed by atoms with Gasteiger partial charge >= 0.3 is 0 Å². The van der Waals surface area contributed by atoms with Gasteiger partial charge in [0, 0.05) is 19.2 Å². The van der Waals surface area contributed by atoms with Crippen LogP contribution in [0.3, 0.4) is 0 Å². The highest BCUT2D eigenvalue weighted by Crippen LogP contribution is 2.19. The maximum Gasteiger partial charge on any atom is 0.226 e. The number of anilines is 1. The van der Waals surface area contributed by atoms with Crippen LogP contribution in [0.4, 0.5) is 5.69 Å². The van der Waals surface area contributed by atoms with Crippen molar-refractivity contribution >= 4 is 11.6 Å². The van der Waals surface area contributed by atoms with Gasteiger partial charge in [-0.15, -0.1) is 0 Å². The normalized spacial score (nSPS) is 18.3. The standard InChI is InChI=1S/C16H21N3O/c1-19(15-7-4-13(11-17)5-8-15)16(20)9-6-14-3-2-10-18-12-14/h4-5,7-8,14,18H,2-3,6,9-10,12H2,1H3. The molecule has 1 saturated heterocycles. The third-order valence-electron chi connectivity index (χ3n) is 3.92. The molecule has 0 bridgehead atoms. The Morgan fingerprint density at radius 1 is 1.45 bits per heavy atom. The minimum atomic E-state index is 0.139. The van der Waals surface area contributed by atoms with E-state index >= 15 is 0 Å². The van der Waals surface area contributed by atoms with Crippen LogP contribution in [0.2, 0.25) is 0 Å². The second kappa shape index (κ2) is 7.06. The molecule has 0 aromatic heterocycles. The highest BCUT2D eigenvalue weighted by atomic mass is 16.2. The highest BCUT2D eigenvalue weighted by Gasteiger charge is 2.16. The van der Waals surface area contributed by atoms with Crippen LogP contribution < -0.4 is 10.2 Å². The van der Waals surface area contributed by atoms with Crippen LogP contribution in [0.1, 0.15) is 31.2 Å². The summed E-state index contributed by atoms with van der Waals surface area (Å²) in [5, 5.41) is 12.1. The molecule has 1 N–H and O–H groups in total. The number of nitriles is 1. The molecule has 2 rings (SSSR count). The summed E-state index contributed by atoms with van der Waals surface area (Å²) in [6.07, 6.45) is 3.97. The lowest BCUT2D eigenvalue weighted by Crippen LogP contribution is -2.31. The van der Waals surface area contributed by atoms with E-state index in [1.54, 1.807) is 24.1 Å². The molecule has 0 aliphatic carbocycles. The van der Waals surface area contributed by atoms with Gasteiger partial charge in [-0.1, -0.05) is 0 Å². The van der Waals surface area contributed by atoms with E-state index in [-0.39, 0.29) is 5.91 Å². The molecule has 0 radical (unpaired) electrons. The zero-order valence-electron chi connectivity index (χ0n) is 11.9. The van der Waals surface area contributed by atoms with Crippen molar-refractivity contribution in [2.24, 2.45) is 5.92 Å². The molecule has 1 aliphatic rings. The van der Waals surface area contributed by atoms with E-state index in [1.165, 1.54) is 12.8 Å². The van der Waals surface area contributed by atoms with Gasteiger partial charge in [0.25, 0.3) is 0 Å². The number of hydrogen-bond donors (Lipinski definition) is 1. The number of rotatable bonds is 4. The van der Waals surface area contributed by atoms with Crippen molar-refractivity contribution in [1.29, 1.82) is 5.26 Å². The Morgan fingerprint density at radius 2 is 2.20 bits per heavy atom. The molecule has 1 aromatic carbocycles. The molecule has 1 atom stereocenters. The Balaban J connectivity index is 1.85. The molecule has 1 heterocycles. The van der Waals surface area contributed by atoms with Crippen molar-refractivity contribution in [2.75, 3.05) is 25.0 Å². The number of nitrogens with one attached hydrogen (secondary N) is 1. The number of carbonyl (C=O) groups excluding carboxylic acids is 1. The van der Waals surface area contributed by atoms with Gasteiger partial charge in [-0.3, -0.25) is 4.79 Å². The number of amides is 1. The van der Waals surface area contributed by atoms with Crippen molar-refractivity contribution in [3.63, 3.8) is 0 Å². The van der Waals surface area contributed by atoms with Gasteiger partial charge in [0.1, 0.15) is 0 Å². The summed E-state index contributed by atoms with van der Waals surface area (Å²) < 4.78 is 0. The van der Waals surface area contributed by atoms with Gasteiger partial charge in [-0.25, -0.2) is 0 Å². The Morgan fingerprint density at radius 3 is 2.80 bits per heavy atom. The predicted octanol–water partition coefficient (Wildman–Crippen LogP) is 2.30. The van der Waals surface area contributed by atoms with Crippen LogP contribution in [-0.2, 0) is 4.79 Å². The summed E-state index contributed by atoms with van der Waals surface area (Å²) in [4.78, 5) is 13.9. The van der Waals surface area contributed by atoms with E-state index in [1.807, 2.05) is 12.1 Å². The fraction of sp³-hybridized carbons (Fsp3) is 0.500. The van der Waals surface area contributed by atoms with Crippen molar-refractivity contribution in [1.82, 2.24) is 5.32 Å². The molecule has 0 saturated carbocycles. The third kappa shape index (κ3) is 3.82. The third-order valence-corrected chi connectivity index (χ3v) is 3.92. The zero-order chi connectivity index (χ0) is 14.4. The molecule has 1 unspecified atom stereocenters. The van der Waals surface area contributed by atoms with E-state index in [0.29, 0.717) is 17.9 Å². The second-order valence-electron chi connectivity index (χ2n) is 5.36. The van der Waals surface area contributed by atoms with Crippen molar-refractivity contribution in [2.45, 2.75) is 25.7 Å². The lowest BCUT2D eigenvalue weighted by molar-refractivity contribution is -0.118. The first kappa shape index (κ1) is 14.5. The SMILES string of the molecule is CN(C(=O)CCC1CCCNC1)c1ccc(C#N)cc1. The molecule has 1 aliphatic heterocycles. The summed E-state index contributed by atoms with van der Waals surface area (Å²) in [6, 6.07) is 9.20. The van der Waals surface area contributed by atoms with Crippen LogP contribution in [0, 0.1) is 17.2 Å². The van der Waals surface area contributed by atoms with Crippen LogP contribution in [-0.4, -0.2) is 26.0 Å². The molecular weight excluding hydrogens is 250 g/mol. The number of hydrogen-bond acceptors (Lipinski definition) is 3. The Bertz CT molecular complexity index is 483. The van der Waals surface area contributed by atoms with Gasteiger partial charge in [0.05, 0.1) is 11.6 Å². The average Bonchev–Trinajstić information content (AvgIpc) is 2.53. The largest absolute Gasteiger partial charge is 0.316 e. The Hall–Kier alpha value is -1.86. The summed E-state index contributed by atoms with van der Waals surface area (Å²) in [5.74, 6) is 0.766. The van der Waals surface area contributed by atoms with Gasteiger partial charge in [0.2, 0.25) is 5.91 Å². The Labute approximate surface area is 120 Å². The fourth-order valence-electron chi connectivity index (χ4n) is 2.57. The molecule has 4 nitrogen and oxygen atoms in total. The summed E-state index contributed by atoms with van der Waals surface area (Å²) >= 11 is 0. The minimum Gasteiger partial charge on any atom is -0.316 e. The topological polar surface area (TPSA) is 56.1 Å². The van der Waals surface area contributed by atoms with Gasteiger partial charge in [0.15, 0.2) is 0 Å². The quantitative estimate of drug-likeness (QED) is 0.914. The maximum absolute atomic E-state index is 12.2. The monoisotopic (exact) mass is 271 g/mol. The summed E-state index contributed by atoms with van der Waals surface area (Å²) in [5.41, 5.74) is 1.46. The first-order chi connectivity index (χ1) is 9.70. The zero-order valence-corrected chi connectivity index (χ0v) is 11.9. The number of nitrogens with zero attached hydrogens (tertiary/aromatic N) is 2. The highest BCUT2D eigenvalue weighted by molar-refractivity contribution is 5.92. The number of benzene rings is 1. The second-order valence-corrected chi connectivity index (χ2v) is 5.36. The molecule has 106 valence electrons. The fourth-order valence-corrected chi connectivity index (χ4v) is 2.57. The lowest BCUT2D eigenvalue weighted by Gasteiger charge is -2.23. The lowest BCUT2D eigenvalue weighted by atomic mass is 9.94. The van der Waals surface area contributed by atoms with Crippen molar-refractivity contribution < 1.29 is 4.79 Å².